The molecule has 1 N–H and O–H groups in total. The summed E-state index contributed by atoms with van der Waals surface area (Å²) in [7, 11) is 1.65. The second-order valence-corrected chi connectivity index (χ2v) is 6.04. The minimum atomic E-state index is -0.0684. The van der Waals surface area contributed by atoms with Gasteiger partial charge in [-0.2, -0.15) is 0 Å². The minimum absolute atomic E-state index is 0.0138. The van der Waals surface area contributed by atoms with Crippen LogP contribution in [0.4, 0.5) is 0 Å². The van der Waals surface area contributed by atoms with E-state index < -0.39 is 0 Å². The van der Waals surface area contributed by atoms with E-state index in [-0.39, 0.29) is 18.1 Å². The summed E-state index contributed by atoms with van der Waals surface area (Å²) in [4.78, 5) is 15.6. The van der Waals surface area contributed by atoms with Crippen LogP contribution in [0.5, 0.6) is 0 Å². The molecule has 1 aromatic rings. The molecule has 0 saturated carbocycles. The Bertz CT molecular complexity index is 425. The van der Waals surface area contributed by atoms with E-state index in [0.717, 1.165) is 12.8 Å². The van der Waals surface area contributed by atoms with Crippen molar-refractivity contribution in [2.24, 2.45) is 0 Å². The summed E-state index contributed by atoms with van der Waals surface area (Å²) < 4.78 is 10.4. The van der Waals surface area contributed by atoms with Crippen LogP contribution in [0.15, 0.2) is 17.5 Å². The maximum Gasteiger partial charge on any atom is 0.241 e. The highest BCUT2D eigenvalue weighted by Crippen LogP contribution is 2.29. The van der Waals surface area contributed by atoms with Crippen LogP contribution in [0.25, 0.3) is 0 Å². The van der Waals surface area contributed by atoms with Crippen LogP contribution in [-0.2, 0) is 14.3 Å². The number of hydrogen-bond acceptors (Lipinski definition) is 5. The molecule has 0 spiro atoms. The lowest BCUT2D eigenvalue weighted by Gasteiger charge is -2.23. The molecule has 0 aliphatic carbocycles. The van der Waals surface area contributed by atoms with Crippen LogP contribution in [0.3, 0.4) is 0 Å². The molecule has 2 atom stereocenters. The van der Waals surface area contributed by atoms with E-state index in [1.807, 2.05) is 16.3 Å². The normalized spacial score (nSPS) is 22.2. The van der Waals surface area contributed by atoms with Crippen LogP contribution >= 0.6 is 11.3 Å². The molecule has 2 unspecified atom stereocenters. The fourth-order valence-corrected chi connectivity index (χ4v) is 3.30. The molecular formula is C15H24N2O3S. The smallest absolute Gasteiger partial charge is 0.241 e. The van der Waals surface area contributed by atoms with E-state index in [4.69, 9.17) is 9.47 Å². The summed E-state index contributed by atoms with van der Waals surface area (Å²) in [5, 5.41) is 5.50. The number of carbonyl (C=O) groups excluding carboxylic acids is 1. The maximum absolute atomic E-state index is 12.5. The number of ether oxygens (including phenoxy) is 2. The van der Waals surface area contributed by atoms with E-state index >= 15 is 0 Å². The highest BCUT2D eigenvalue weighted by molar-refractivity contribution is 7.10. The maximum atomic E-state index is 12.5. The van der Waals surface area contributed by atoms with Gasteiger partial charge in [0.1, 0.15) is 6.17 Å². The van der Waals surface area contributed by atoms with Crippen molar-refractivity contribution >= 4 is 17.2 Å². The number of methoxy groups -OCH3 is 1. The average Bonchev–Trinajstić information content (AvgIpc) is 3.10. The Morgan fingerprint density at radius 1 is 1.38 bits per heavy atom. The van der Waals surface area contributed by atoms with Gasteiger partial charge in [0.25, 0.3) is 0 Å². The van der Waals surface area contributed by atoms with Crippen molar-refractivity contribution in [3.63, 3.8) is 0 Å². The van der Waals surface area contributed by atoms with Crippen LogP contribution < -0.4 is 5.32 Å². The average molecular weight is 312 g/mol. The van der Waals surface area contributed by atoms with Gasteiger partial charge in [-0.3, -0.25) is 10.1 Å². The van der Waals surface area contributed by atoms with Crippen molar-refractivity contribution < 1.29 is 14.3 Å². The minimum Gasteiger partial charge on any atom is -0.382 e. The van der Waals surface area contributed by atoms with Gasteiger partial charge in [0.05, 0.1) is 25.9 Å². The number of amides is 1. The van der Waals surface area contributed by atoms with E-state index in [9.17, 15) is 4.79 Å². The van der Waals surface area contributed by atoms with Gasteiger partial charge in [-0.05, 0) is 17.9 Å². The predicted molar refractivity (Wildman–Crippen MR) is 83.3 cm³/mol. The van der Waals surface area contributed by atoms with E-state index in [2.05, 4.69) is 18.3 Å². The largest absolute Gasteiger partial charge is 0.382 e. The van der Waals surface area contributed by atoms with Gasteiger partial charge in [-0.25, -0.2) is 0 Å². The Morgan fingerprint density at radius 2 is 2.24 bits per heavy atom. The molecular weight excluding hydrogens is 288 g/mol. The lowest BCUT2D eigenvalue weighted by molar-refractivity contribution is -0.131. The molecule has 1 aliphatic rings. The van der Waals surface area contributed by atoms with Crippen molar-refractivity contribution in [3.05, 3.63) is 22.4 Å². The standard InChI is InChI=1S/C15H24N2O3S/c1-3-5-12-15(18)17(7-8-20-10-9-19-2)14(16-12)13-6-4-11-21-13/h4,6,11-12,14,16H,3,5,7-10H2,1-2H3. The van der Waals surface area contributed by atoms with Crippen molar-refractivity contribution in [3.8, 4) is 0 Å². The Balaban J connectivity index is 1.94. The van der Waals surface area contributed by atoms with Crippen molar-refractivity contribution in [2.75, 3.05) is 33.5 Å². The zero-order chi connectivity index (χ0) is 15.1. The molecule has 0 radical (unpaired) electrons. The Morgan fingerprint density at radius 3 is 2.90 bits per heavy atom. The second kappa shape index (κ2) is 8.48. The Kier molecular flexibility index (Phi) is 6.63. The third kappa shape index (κ3) is 4.26. The first kappa shape index (κ1) is 16.4. The lowest BCUT2D eigenvalue weighted by Crippen LogP contribution is -2.34. The molecule has 1 aromatic heterocycles. The van der Waals surface area contributed by atoms with Gasteiger partial charge in [0.15, 0.2) is 0 Å². The number of nitrogens with one attached hydrogen (secondary N) is 1. The molecule has 1 aliphatic heterocycles. The molecule has 1 fully saturated rings. The summed E-state index contributed by atoms with van der Waals surface area (Å²) in [5.74, 6) is 0.186. The van der Waals surface area contributed by atoms with Gasteiger partial charge in [-0.15, -0.1) is 11.3 Å². The molecule has 0 aromatic carbocycles. The molecule has 1 amide bonds. The molecule has 1 saturated heterocycles. The quantitative estimate of drug-likeness (QED) is 0.709. The summed E-state index contributed by atoms with van der Waals surface area (Å²) in [6.07, 6.45) is 1.86. The first-order valence-corrected chi connectivity index (χ1v) is 8.32. The number of thiophene rings is 1. The third-order valence-corrected chi connectivity index (χ3v) is 4.47. The summed E-state index contributed by atoms with van der Waals surface area (Å²) >= 11 is 1.68. The summed E-state index contributed by atoms with van der Waals surface area (Å²) in [6, 6.07) is 4.02. The summed E-state index contributed by atoms with van der Waals surface area (Å²) in [5.41, 5.74) is 0. The fourth-order valence-electron chi connectivity index (χ4n) is 2.50. The van der Waals surface area contributed by atoms with Crippen molar-refractivity contribution in [2.45, 2.75) is 32.0 Å². The molecule has 118 valence electrons. The van der Waals surface area contributed by atoms with Crippen LogP contribution in [0.1, 0.15) is 30.8 Å². The van der Waals surface area contributed by atoms with Gasteiger partial charge >= 0.3 is 0 Å². The number of hydrogen-bond donors (Lipinski definition) is 1. The van der Waals surface area contributed by atoms with Gasteiger partial charge in [0, 0.05) is 18.5 Å². The summed E-state index contributed by atoms with van der Waals surface area (Å²) in [6.45, 7) is 4.40. The molecule has 2 heterocycles. The third-order valence-electron chi connectivity index (χ3n) is 3.55. The second-order valence-electron chi connectivity index (χ2n) is 5.06. The van der Waals surface area contributed by atoms with Gasteiger partial charge in [-0.1, -0.05) is 19.4 Å². The fraction of sp³-hybridized carbons (Fsp3) is 0.667. The zero-order valence-electron chi connectivity index (χ0n) is 12.7. The molecule has 0 bridgehead atoms. The molecule has 6 heteroatoms. The van der Waals surface area contributed by atoms with E-state index in [1.165, 1.54) is 4.88 Å². The van der Waals surface area contributed by atoms with Crippen molar-refractivity contribution in [1.29, 1.82) is 0 Å². The van der Waals surface area contributed by atoms with Crippen LogP contribution in [-0.4, -0.2) is 50.3 Å². The monoisotopic (exact) mass is 312 g/mol. The lowest BCUT2D eigenvalue weighted by atomic mass is 10.2. The first-order valence-electron chi connectivity index (χ1n) is 7.44. The van der Waals surface area contributed by atoms with E-state index in [1.54, 1.807) is 18.4 Å². The molecule has 2 rings (SSSR count). The van der Waals surface area contributed by atoms with Gasteiger partial charge < -0.3 is 14.4 Å². The molecule has 21 heavy (non-hydrogen) atoms. The highest BCUT2D eigenvalue weighted by atomic mass is 32.1. The predicted octanol–water partition coefficient (Wildman–Crippen LogP) is 2.01. The first-order chi connectivity index (χ1) is 10.3. The Labute approximate surface area is 130 Å². The van der Waals surface area contributed by atoms with E-state index in [0.29, 0.717) is 26.4 Å². The van der Waals surface area contributed by atoms with Crippen LogP contribution in [0, 0.1) is 0 Å². The SMILES string of the molecule is CCCC1NC(c2cccs2)N(CCOCCOC)C1=O. The highest BCUT2D eigenvalue weighted by Gasteiger charge is 2.39. The Hall–Kier alpha value is -0.950. The number of nitrogens with zero attached hydrogens (tertiary/aromatic N) is 1. The van der Waals surface area contributed by atoms with Crippen LogP contribution in [0.2, 0.25) is 0 Å². The van der Waals surface area contributed by atoms with Gasteiger partial charge in [0.2, 0.25) is 5.91 Å². The number of rotatable bonds is 9. The topological polar surface area (TPSA) is 50.8 Å². The van der Waals surface area contributed by atoms with Crippen molar-refractivity contribution in [1.82, 2.24) is 10.2 Å². The molecule has 5 nitrogen and oxygen atoms in total. The zero-order valence-corrected chi connectivity index (χ0v) is 13.5. The number of carbonyl (C=O) groups is 1.